The maximum Gasteiger partial charge on any atom is 0.243 e. The van der Waals surface area contributed by atoms with Crippen LogP contribution in [-0.4, -0.2) is 63.0 Å². The molecule has 0 radical (unpaired) electrons. The van der Waals surface area contributed by atoms with Crippen molar-refractivity contribution in [3.8, 4) is 0 Å². The highest BCUT2D eigenvalue weighted by Gasteiger charge is 2.32. The van der Waals surface area contributed by atoms with Gasteiger partial charge < -0.3 is 15.3 Å². The van der Waals surface area contributed by atoms with E-state index in [0.717, 1.165) is 11.1 Å². The van der Waals surface area contributed by atoms with Gasteiger partial charge in [-0.3, -0.25) is 0 Å². The van der Waals surface area contributed by atoms with Crippen molar-refractivity contribution in [1.82, 2.24) is 9.31 Å². The summed E-state index contributed by atoms with van der Waals surface area (Å²) in [7, 11) is 0.0872. The van der Waals surface area contributed by atoms with Crippen LogP contribution in [-0.2, 0) is 10.0 Å². The van der Waals surface area contributed by atoms with Crippen molar-refractivity contribution < 1.29 is 13.4 Å². The average Bonchev–Trinajstić information content (AvgIpc) is 2.66. The first kappa shape index (κ1) is 18.2. The lowest BCUT2D eigenvalue weighted by Crippen LogP contribution is -2.50. The second kappa shape index (κ2) is 6.96. The molecule has 9 nitrogen and oxygen atoms in total. The van der Waals surface area contributed by atoms with Gasteiger partial charge in [0.15, 0.2) is 0 Å². The molecule has 1 heterocycles. The van der Waals surface area contributed by atoms with Gasteiger partial charge in [0.25, 0.3) is 0 Å². The molecule has 3 rings (SSSR count). The molecular formula is C16H20N5O4S-. The molecular weight excluding hydrogens is 358 g/mol. The van der Waals surface area contributed by atoms with E-state index in [0.29, 0.717) is 5.39 Å². The zero-order valence-corrected chi connectivity index (χ0v) is 15.4. The third-order valence-corrected chi connectivity index (χ3v) is 6.44. The van der Waals surface area contributed by atoms with Crippen molar-refractivity contribution in [2.24, 2.45) is 5.28 Å². The van der Waals surface area contributed by atoms with Gasteiger partial charge in [-0.1, -0.05) is 24.3 Å². The number of hydrogen-bond acceptors (Lipinski definition) is 6. The third-order valence-electron chi connectivity index (χ3n) is 4.49. The SMILES string of the molecule is CN(C)c1cccc2c(S(=O)(=O)N3CCN(/[N+]([O-])=N/[O-])CC3)cccc12. The Labute approximate surface area is 151 Å². The highest BCUT2D eigenvalue weighted by molar-refractivity contribution is 7.89. The van der Waals surface area contributed by atoms with Gasteiger partial charge in [-0.2, -0.15) is 4.31 Å². The molecule has 0 saturated carbocycles. The van der Waals surface area contributed by atoms with Gasteiger partial charge >= 0.3 is 0 Å². The lowest BCUT2D eigenvalue weighted by Gasteiger charge is -2.31. The summed E-state index contributed by atoms with van der Waals surface area (Å²) in [4.78, 5) is 2.14. The molecule has 1 saturated heterocycles. The van der Waals surface area contributed by atoms with E-state index in [1.165, 1.54) is 9.31 Å². The summed E-state index contributed by atoms with van der Waals surface area (Å²) in [5.41, 5.74) is 0.934. The summed E-state index contributed by atoms with van der Waals surface area (Å²) in [6.45, 7) is 0.449. The van der Waals surface area contributed by atoms with E-state index in [-0.39, 0.29) is 36.0 Å². The Morgan fingerprint density at radius 2 is 1.65 bits per heavy atom. The summed E-state index contributed by atoms with van der Waals surface area (Å²) in [6.07, 6.45) is 0. The van der Waals surface area contributed by atoms with Crippen molar-refractivity contribution in [2.45, 2.75) is 4.90 Å². The zero-order valence-electron chi connectivity index (χ0n) is 14.6. The summed E-state index contributed by atoms with van der Waals surface area (Å²) in [5.74, 6) is 0. The molecule has 0 bridgehead atoms. The highest BCUT2D eigenvalue weighted by atomic mass is 32.2. The van der Waals surface area contributed by atoms with Crippen LogP contribution in [0.5, 0.6) is 0 Å². The van der Waals surface area contributed by atoms with Crippen molar-refractivity contribution in [2.75, 3.05) is 45.2 Å². The Morgan fingerprint density at radius 3 is 2.27 bits per heavy atom. The molecule has 1 aliphatic heterocycles. The fraction of sp³-hybridized carbons (Fsp3) is 0.375. The highest BCUT2D eigenvalue weighted by Crippen LogP contribution is 2.31. The summed E-state index contributed by atoms with van der Waals surface area (Å²) < 4.78 is 27.6. The fourth-order valence-corrected chi connectivity index (χ4v) is 4.79. The molecule has 26 heavy (non-hydrogen) atoms. The van der Waals surface area contributed by atoms with Crippen LogP contribution < -0.4 is 4.90 Å². The first-order valence-electron chi connectivity index (χ1n) is 8.11. The van der Waals surface area contributed by atoms with Crippen LogP contribution in [0.15, 0.2) is 46.6 Å². The summed E-state index contributed by atoms with van der Waals surface area (Å²) >= 11 is 0. The van der Waals surface area contributed by atoms with Crippen LogP contribution in [0.25, 0.3) is 10.8 Å². The molecule has 0 N–H and O–H groups in total. The molecule has 0 atom stereocenters. The predicted molar refractivity (Wildman–Crippen MR) is 98.0 cm³/mol. The lowest BCUT2D eigenvalue weighted by atomic mass is 10.1. The number of rotatable bonds is 4. The zero-order chi connectivity index (χ0) is 18.9. The maximum absolute atomic E-state index is 13.1. The fourth-order valence-electron chi connectivity index (χ4n) is 3.16. The number of hydrazine groups is 1. The van der Waals surface area contributed by atoms with Gasteiger partial charge in [-0.05, 0) is 17.4 Å². The van der Waals surface area contributed by atoms with Gasteiger partial charge in [0, 0.05) is 48.6 Å². The first-order chi connectivity index (χ1) is 12.4. The summed E-state index contributed by atoms with van der Waals surface area (Å²) in [6, 6.07) is 10.8. The third kappa shape index (κ3) is 3.13. The minimum Gasteiger partial charge on any atom is -0.737 e. The number of anilines is 1. The van der Waals surface area contributed by atoms with E-state index in [9.17, 15) is 18.8 Å². The number of sulfonamides is 1. The molecule has 140 valence electrons. The van der Waals surface area contributed by atoms with E-state index in [4.69, 9.17) is 0 Å². The van der Waals surface area contributed by atoms with E-state index in [1.807, 2.05) is 37.2 Å². The number of fused-ring (bicyclic) bond motifs is 1. The van der Waals surface area contributed by atoms with Gasteiger partial charge in [0.1, 0.15) is 0 Å². The molecule has 0 aromatic heterocycles. The molecule has 2 aromatic carbocycles. The van der Waals surface area contributed by atoms with E-state index >= 15 is 0 Å². The van der Waals surface area contributed by atoms with Crippen molar-refractivity contribution >= 4 is 26.5 Å². The Kier molecular flexibility index (Phi) is 4.88. The quantitative estimate of drug-likeness (QED) is 0.454. The number of nitrogens with zero attached hydrogens (tertiary/aromatic N) is 5. The standard InChI is InChI=1S/C16H21N5O4S/c1-18(2)15-7-3-6-14-13(15)5-4-8-16(14)26(24,25)20-11-9-19(10-12-20)21(23)17-22/h3-8,22H,9-12H2,1-2H3/p-1/b21-17-. The largest absolute Gasteiger partial charge is 0.737 e. The van der Waals surface area contributed by atoms with E-state index in [2.05, 4.69) is 5.28 Å². The van der Waals surface area contributed by atoms with Gasteiger partial charge in [0.2, 0.25) is 10.0 Å². The second-order valence-corrected chi connectivity index (χ2v) is 8.12. The number of benzene rings is 2. The topological polar surface area (TPSA) is 105 Å². The molecule has 0 spiro atoms. The molecule has 0 amide bonds. The van der Waals surface area contributed by atoms with Crippen LogP contribution in [0.4, 0.5) is 5.69 Å². The molecule has 2 aromatic rings. The Morgan fingerprint density at radius 1 is 1.04 bits per heavy atom. The van der Waals surface area contributed by atoms with Gasteiger partial charge in [-0.25, -0.2) is 8.42 Å². The van der Waals surface area contributed by atoms with Crippen molar-refractivity contribution in [3.05, 3.63) is 46.8 Å². The lowest BCUT2D eigenvalue weighted by molar-refractivity contribution is -0.692. The Balaban J connectivity index is 1.97. The van der Waals surface area contributed by atoms with Crippen molar-refractivity contribution in [1.29, 1.82) is 0 Å². The molecule has 1 aliphatic rings. The molecule has 1 fully saturated rings. The van der Waals surface area contributed by atoms with Crippen LogP contribution >= 0.6 is 0 Å². The molecule has 0 unspecified atom stereocenters. The Bertz CT molecular complexity index is 937. The number of piperazine rings is 1. The average molecular weight is 378 g/mol. The van der Waals surface area contributed by atoms with E-state index in [1.54, 1.807) is 18.2 Å². The first-order valence-corrected chi connectivity index (χ1v) is 9.55. The Hall–Kier alpha value is -2.59. The minimum atomic E-state index is -3.73. The monoisotopic (exact) mass is 378 g/mol. The number of hydrogen-bond donors (Lipinski definition) is 0. The van der Waals surface area contributed by atoms with Gasteiger partial charge in [-0.15, -0.1) is 5.01 Å². The maximum atomic E-state index is 13.1. The van der Waals surface area contributed by atoms with E-state index < -0.39 is 10.0 Å². The van der Waals surface area contributed by atoms with Crippen LogP contribution in [0.3, 0.4) is 0 Å². The smallest absolute Gasteiger partial charge is 0.243 e. The van der Waals surface area contributed by atoms with Crippen LogP contribution in [0, 0.1) is 10.4 Å². The minimum absolute atomic E-state index is 0.0365. The predicted octanol–water partition coefficient (Wildman–Crippen LogP) is 1.59. The van der Waals surface area contributed by atoms with Gasteiger partial charge in [0.05, 0.1) is 18.0 Å². The van der Waals surface area contributed by atoms with Crippen LogP contribution in [0.2, 0.25) is 0 Å². The molecule has 10 heteroatoms. The normalized spacial score (nSPS) is 16.8. The van der Waals surface area contributed by atoms with Crippen LogP contribution in [0.1, 0.15) is 0 Å². The van der Waals surface area contributed by atoms with Crippen molar-refractivity contribution in [3.63, 3.8) is 0 Å². The second-order valence-electron chi connectivity index (χ2n) is 6.21. The summed E-state index contributed by atoms with van der Waals surface area (Å²) in [5, 5.41) is 26.6. The molecule has 0 aliphatic carbocycles.